The lowest BCUT2D eigenvalue weighted by atomic mass is 9.91. The zero-order valence-corrected chi connectivity index (χ0v) is 13.0. The summed E-state index contributed by atoms with van der Waals surface area (Å²) in [5.41, 5.74) is -0.770. The molecule has 126 valence electrons. The third-order valence-electron chi connectivity index (χ3n) is 4.78. The van der Waals surface area contributed by atoms with Crippen LogP contribution < -0.4 is 0 Å². The molecule has 0 spiro atoms. The first kappa shape index (κ1) is 15.3. The number of hydrogen-bond acceptors (Lipinski definition) is 6. The van der Waals surface area contributed by atoms with Gasteiger partial charge in [-0.15, -0.1) is 0 Å². The van der Waals surface area contributed by atoms with E-state index in [0.29, 0.717) is 37.5 Å². The third-order valence-corrected chi connectivity index (χ3v) is 4.78. The van der Waals surface area contributed by atoms with E-state index in [2.05, 4.69) is 0 Å². The van der Waals surface area contributed by atoms with Gasteiger partial charge in [0.25, 0.3) is 11.8 Å². The van der Waals surface area contributed by atoms with Gasteiger partial charge >= 0.3 is 5.97 Å². The molecule has 0 aliphatic carbocycles. The lowest BCUT2D eigenvalue weighted by Crippen LogP contribution is -2.52. The standard InChI is InChI=1S/C17H17NO6/c19-14-11-5-1-2-6-12(11)15(20)18(14)24-16(21)17(8-4-10-23-17)13-7-3-9-22-13/h1-2,5-6,13H,3-4,7-10H2. The highest BCUT2D eigenvalue weighted by atomic mass is 16.7. The van der Waals surface area contributed by atoms with E-state index in [1.165, 1.54) is 12.1 Å². The van der Waals surface area contributed by atoms with Gasteiger partial charge in [-0.2, -0.15) is 0 Å². The van der Waals surface area contributed by atoms with Gasteiger partial charge in [0.15, 0.2) is 5.60 Å². The maximum atomic E-state index is 12.8. The van der Waals surface area contributed by atoms with Gasteiger partial charge in [0.2, 0.25) is 0 Å². The number of carbonyl (C=O) groups excluding carboxylic acids is 3. The number of hydrogen-bond donors (Lipinski definition) is 0. The Morgan fingerprint density at radius 3 is 2.38 bits per heavy atom. The van der Waals surface area contributed by atoms with Crippen LogP contribution in [0.2, 0.25) is 0 Å². The van der Waals surface area contributed by atoms with Crippen LogP contribution in [0.25, 0.3) is 0 Å². The van der Waals surface area contributed by atoms with Crippen molar-refractivity contribution in [3.8, 4) is 0 Å². The fourth-order valence-electron chi connectivity index (χ4n) is 3.56. The molecule has 7 nitrogen and oxygen atoms in total. The Kier molecular flexibility index (Phi) is 3.62. The second-order valence-electron chi connectivity index (χ2n) is 6.17. The van der Waals surface area contributed by atoms with Crippen LogP contribution >= 0.6 is 0 Å². The second-order valence-corrected chi connectivity index (χ2v) is 6.17. The molecule has 3 aliphatic rings. The first-order valence-corrected chi connectivity index (χ1v) is 8.09. The zero-order chi connectivity index (χ0) is 16.7. The summed E-state index contributed by atoms with van der Waals surface area (Å²) in [6, 6.07) is 6.38. The molecular formula is C17H17NO6. The summed E-state index contributed by atoms with van der Waals surface area (Å²) in [7, 11) is 0. The molecule has 2 atom stereocenters. The van der Waals surface area contributed by atoms with Crippen molar-refractivity contribution in [1.29, 1.82) is 0 Å². The molecule has 4 rings (SSSR count). The Labute approximate surface area is 138 Å². The summed E-state index contributed by atoms with van der Waals surface area (Å²) in [4.78, 5) is 42.7. The van der Waals surface area contributed by atoms with Crippen molar-refractivity contribution in [2.75, 3.05) is 13.2 Å². The van der Waals surface area contributed by atoms with E-state index in [0.717, 1.165) is 6.42 Å². The molecular weight excluding hydrogens is 314 g/mol. The fourth-order valence-corrected chi connectivity index (χ4v) is 3.56. The molecule has 3 heterocycles. The van der Waals surface area contributed by atoms with Crippen LogP contribution in [0.1, 0.15) is 46.4 Å². The number of hydroxylamine groups is 2. The zero-order valence-electron chi connectivity index (χ0n) is 13.0. The Morgan fingerprint density at radius 2 is 1.83 bits per heavy atom. The van der Waals surface area contributed by atoms with E-state index in [9.17, 15) is 14.4 Å². The Bertz CT molecular complexity index is 668. The summed E-state index contributed by atoms with van der Waals surface area (Å²) in [6.45, 7) is 0.993. The van der Waals surface area contributed by atoms with Crippen molar-refractivity contribution in [2.24, 2.45) is 0 Å². The highest BCUT2D eigenvalue weighted by Crippen LogP contribution is 2.37. The van der Waals surface area contributed by atoms with Crippen LogP contribution in [-0.2, 0) is 19.1 Å². The average molecular weight is 331 g/mol. The van der Waals surface area contributed by atoms with E-state index in [1.807, 2.05) is 0 Å². The number of carbonyl (C=O) groups is 3. The summed E-state index contributed by atoms with van der Waals surface area (Å²) < 4.78 is 11.3. The molecule has 0 aromatic heterocycles. The van der Waals surface area contributed by atoms with E-state index in [4.69, 9.17) is 14.3 Å². The Hall–Kier alpha value is -2.25. The van der Waals surface area contributed by atoms with Crippen molar-refractivity contribution < 1.29 is 28.7 Å². The number of ether oxygens (including phenoxy) is 2. The molecule has 7 heteroatoms. The lowest BCUT2D eigenvalue weighted by Gasteiger charge is -2.31. The minimum atomic E-state index is -1.23. The number of rotatable bonds is 3. The van der Waals surface area contributed by atoms with Gasteiger partial charge in [0.1, 0.15) is 0 Å². The van der Waals surface area contributed by atoms with Gasteiger partial charge in [-0.25, -0.2) is 4.79 Å². The van der Waals surface area contributed by atoms with Crippen LogP contribution in [-0.4, -0.2) is 47.8 Å². The monoisotopic (exact) mass is 331 g/mol. The first-order valence-electron chi connectivity index (χ1n) is 8.09. The Balaban J connectivity index is 1.58. The fraction of sp³-hybridized carbons (Fsp3) is 0.471. The molecule has 0 radical (unpaired) electrons. The predicted octanol–water partition coefficient (Wildman–Crippen LogP) is 1.47. The van der Waals surface area contributed by atoms with Gasteiger partial charge in [0.05, 0.1) is 17.2 Å². The lowest BCUT2D eigenvalue weighted by molar-refractivity contribution is -0.203. The molecule has 0 saturated carbocycles. The average Bonchev–Trinajstić information content (AvgIpc) is 3.32. The number of fused-ring (bicyclic) bond motifs is 1. The van der Waals surface area contributed by atoms with Gasteiger partial charge in [-0.05, 0) is 37.8 Å². The summed E-state index contributed by atoms with van der Waals surface area (Å²) in [6.07, 6.45) is 2.30. The van der Waals surface area contributed by atoms with Gasteiger partial charge in [0, 0.05) is 13.2 Å². The van der Waals surface area contributed by atoms with Crippen LogP contribution in [0.5, 0.6) is 0 Å². The van der Waals surface area contributed by atoms with Gasteiger partial charge in [-0.3, -0.25) is 9.59 Å². The molecule has 0 bridgehead atoms. The highest BCUT2D eigenvalue weighted by molar-refractivity contribution is 6.21. The molecule has 2 unspecified atom stereocenters. The molecule has 1 aromatic carbocycles. The number of amides is 2. The minimum Gasteiger partial charge on any atom is -0.375 e. The number of benzene rings is 1. The molecule has 0 N–H and O–H groups in total. The van der Waals surface area contributed by atoms with E-state index >= 15 is 0 Å². The van der Waals surface area contributed by atoms with Crippen molar-refractivity contribution in [3.63, 3.8) is 0 Å². The smallest absolute Gasteiger partial charge is 0.367 e. The normalized spacial score (nSPS) is 29.2. The van der Waals surface area contributed by atoms with Crippen LogP contribution in [0, 0.1) is 0 Å². The van der Waals surface area contributed by atoms with E-state index in [-0.39, 0.29) is 11.1 Å². The minimum absolute atomic E-state index is 0.230. The van der Waals surface area contributed by atoms with E-state index < -0.39 is 29.5 Å². The molecule has 2 fully saturated rings. The SMILES string of the molecule is O=C1c2ccccc2C(=O)N1OC(=O)C1(C2CCCO2)CCCO1. The van der Waals surface area contributed by atoms with Gasteiger partial charge in [-0.1, -0.05) is 17.2 Å². The first-order chi connectivity index (χ1) is 11.6. The summed E-state index contributed by atoms with van der Waals surface area (Å²) >= 11 is 0. The van der Waals surface area contributed by atoms with Crippen molar-refractivity contribution >= 4 is 17.8 Å². The van der Waals surface area contributed by atoms with Crippen molar-refractivity contribution in [2.45, 2.75) is 37.4 Å². The Morgan fingerprint density at radius 1 is 1.12 bits per heavy atom. The van der Waals surface area contributed by atoms with Crippen molar-refractivity contribution in [1.82, 2.24) is 5.06 Å². The van der Waals surface area contributed by atoms with Crippen LogP contribution in [0.4, 0.5) is 0 Å². The molecule has 24 heavy (non-hydrogen) atoms. The van der Waals surface area contributed by atoms with Crippen LogP contribution in [0.15, 0.2) is 24.3 Å². The van der Waals surface area contributed by atoms with Crippen LogP contribution in [0.3, 0.4) is 0 Å². The van der Waals surface area contributed by atoms with E-state index in [1.54, 1.807) is 12.1 Å². The molecule has 2 amide bonds. The number of nitrogens with zero attached hydrogens (tertiary/aromatic N) is 1. The predicted molar refractivity (Wildman–Crippen MR) is 79.9 cm³/mol. The van der Waals surface area contributed by atoms with Crippen molar-refractivity contribution in [3.05, 3.63) is 35.4 Å². The topological polar surface area (TPSA) is 82.1 Å². The maximum Gasteiger partial charge on any atom is 0.367 e. The second kappa shape index (κ2) is 5.68. The summed E-state index contributed by atoms with van der Waals surface area (Å²) in [5.74, 6) is -2.00. The molecule has 1 aromatic rings. The molecule has 3 aliphatic heterocycles. The highest BCUT2D eigenvalue weighted by Gasteiger charge is 2.54. The third kappa shape index (κ3) is 2.16. The molecule has 2 saturated heterocycles. The van der Waals surface area contributed by atoms with Gasteiger partial charge < -0.3 is 14.3 Å². The number of imide groups is 1. The largest absolute Gasteiger partial charge is 0.375 e. The summed E-state index contributed by atoms with van der Waals surface area (Å²) in [5, 5.41) is 0.533. The quantitative estimate of drug-likeness (QED) is 0.780. The maximum absolute atomic E-state index is 12.8.